The van der Waals surface area contributed by atoms with E-state index < -0.39 is 11.7 Å². The molecule has 1 aromatic carbocycles. The summed E-state index contributed by atoms with van der Waals surface area (Å²) in [7, 11) is 0. The Kier molecular flexibility index (Phi) is 6.78. The molecule has 2 amide bonds. The van der Waals surface area contributed by atoms with Gasteiger partial charge in [-0.15, -0.1) is 0 Å². The molecule has 1 aromatic rings. The molecule has 2 rings (SSSR count). The number of carbonyl (C=O) groups excluding carboxylic acids is 2. The van der Waals surface area contributed by atoms with Crippen molar-refractivity contribution in [1.82, 2.24) is 4.90 Å². The van der Waals surface area contributed by atoms with E-state index in [9.17, 15) is 14.0 Å². The number of nitrogens with zero attached hydrogens (tertiary/aromatic N) is 2. The van der Waals surface area contributed by atoms with Crippen LogP contribution in [0.15, 0.2) is 24.8 Å². The van der Waals surface area contributed by atoms with Crippen molar-refractivity contribution in [3.05, 3.63) is 35.6 Å². The highest BCUT2D eigenvalue weighted by atomic mass is 35.5. The monoisotopic (exact) mass is 369 g/mol. The Morgan fingerprint density at radius 1 is 1.44 bits per heavy atom. The third-order valence-electron chi connectivity index (χ3n) is 3.87. The van der Waals surface area contributed by atoms with Crippen LogP contribution in [0.25, 0.3) is 0 Å². The lowest BCUT2D eigenvalue weighted by Crippen LogP contribution is -2.39. The first kappa shape index (κ1) is 19.2. The number of amides is 2. The summed E-state index contributed by atoms with van der Waals surface area (Å²) in [5.74, 6) is -1.35. The van der Waals surface area contributed by atoms with E-state index in [0.29, 0.717) is 38.5 Å². The Morgan fingerprint density at radius 3 is 2.72 bits per heavy atom. The first-order chi connectivity index (χ1) is 12.0. The number of carbonyl (C=O) groups is 2. The lowest BCUT2D eigenvalue weighted by molar-refractivity contribution is -0.130. The maximum Gasteiger partial charge on any atom is 0.246 e. The lowest BCUT2D eigenvalue weighted by atomic mass is 10.2. The molecule has 0 atom stereocenters. The van der Waals surface area contributed by atoms with Crippen LogP contribution in [0, 0.1) is 5.82 Å². The van der Waals surface area contributed by atoms with E-state index in [4.69, 9.17) is 16.3 Å². The molecule has 1 aliphatic rings. The van der Waals surface area contributed by atoms with Crippen molar-refractivity contribution in [2.75, 3.05) is 49.6 Å². The lowest BCUT2D eigenvalue weighted by Gasteiger charge is -2.31. The van der Waals surface area contributed by atoms with Gasteiger partial charge >= 0.3 is 0 Å². The minimum atomic E-state index is -0.587. The number of benzene rings is 1. The molecule has 1 N–H and O–H groups in total. The van der Waals surface area contributed by atoms with Gasteiger partial charge < -0.3 is 19.9 Å². The Labute approximate surface area is 151 Å². The highest BCUT2D eigenvalue weighted by Gasteiger charge is 2.23. The maximum absolute atomic E-state index is 14.6. The summed E-state index contributed by atoms with van der Waals surface area (Å²) < 4.78 is 19.8. The van der Waals surface area contributed by atoms with Gasteiger partial charge in [-0.25, -0.2) is 4.39 Å². The van der Waals surface area contributed by atoms with Crippen LogP contribution in [0.2, 0.25) is 5.02 Å². The van der Waals surface area contributed by atoms with Crippen LogP contribution in [0.3, 0.4) is 0 Å². The fourth-order valence-electron chi connectivity index (χ4n) is 2.57. The zero-order valence-corrected chi connectivity index (χ0v) is 14.8. The number of rotatable bonds is 6. The first-order valence-electron chi connectivity index (χ1n) is 7.99. The first-order valence-corrected chi connectivity index (χ1v) is 8.37. The normalized spacial score (nSPS) is 14.1. The van der Waals surface area contributed by atoms with Gasteiger partial charge in [0.05, 0.1) is 29.6 Å². The van der Waals surface area contributed by atoms with Crippen molar-refractivity contribution >= 4 is 34.8 Å². The van der Waals surface area contributed by atoms with Crippen molar-refractivity contribution in [3.8, 4) is 0 Å². The average molecular weight is 370 g/mol. The quantitative estimate of drug-likeness (QED) is 0.781. The zero-order chi connectivity index (χ0) is 18.4. The molecular formula is C17H21ClFN3O3. The Morgan fingerprint density at radius 2 is 2.12 bits per heavy atom. The van der Waals surface area contributed by atoms with E-state index >= 15 is 0 Å². The highest BCUT2D eigenvalue weighted by Crippen LogP contribution is 2.34. The number of nitrogens with one attached hydrogen (secondary N) is 1. The number of halogens is 2. The smallest absolute Gasteiger partial charge is 0.246 e. The van der Waals surface area contributed by atoms with E-state index in [-0.39, 0.29) is 23.2 Å². The summed E-state index contributed by atoms with van der Waals surface area (Å²) >= 11 is 5.90. The molecule has 1 heterocycles. The molecule has 136 valence electrons. The molecule has 0 unspecified atom stereocenters. The number of anilines is 2. The number of likely N-dealkylation sites (N-methyl/N-ethyl adjacent to an activating group) is 1. The second-order valence-electron chi connectivity index (χ2n) is 5.46. The SMILES string of the molecule is C=CC(=O)N(CC)CC(=O)Nc1ccc(Cl)c(F)c1N1CCOCC1. The number of hydrogen-bond acceptors (Lipinski definition) is 4. The van der Waals surface area contributed by atoms with Crippen LogP contribution in [0.5, 0.6) is 0 Å². The molecule has 1 fully saturated rings. The average Bonchev–Trinajstić information content (AvgIpc) is 2.63. The Balaban J connectivity index is 2.20. The van der Waals surface area contributed by atoms with E-state index in [1.807, 2.05) is 0 Å². The Hall–Kier alpha value is -2.12. The molecular weight excluding hydrogens is 349 g/mol. The van der Waals surface area contributed by atoms with Crippen LogP contribution in [0.4, 0.5) is 15.8 Å². The second kappa shape index (κ2) is 8.82. The van der Waals surface area contributed by atoms with Crippen LogP contribution in [0.1, 0.15) is 6.92 Å². The Bertz CT molecular complexity index is 663. The van der Waals surface area contributed by atoms with Crippen LogP contribution in [-0.2, 0) is 14.3 Å². The molecule has 0 radical (unpaired) electrons. The largest absolute Gasteiger partial charge is 0.378 e. The van der Waals surface area contributed by atoms with Gasteiger partial charge in [-0.05, 0) is 25.1 Å². The van der Waals surface area contributed by atoms with Crippen molar-refractivity contribution in [1.29, 1.82) is 0 Å². The molecule has 8 heteroatoms. The van der Waals surface area contributed by atoms with Crippen LogP contribution >= 0.6 is 11.6 Å². The fraction of sp³-hybridized carbons (Fsp3) is 0.412. The fourth-order valence-corrected chi connectivity index (χ4v) is 2.73. The van der Waals surface area contributed by atoms with Gasteiger partial charge in [-0.2, -0.15) is 0 Å². The van der Waals surface area contributed by atoms with Crippen LogP contribution in [-0.4, -0.2) is 56.1 Å². The van der Waals surface area contributed by atoms with Gasteiger partial charge in [0.2, 0.25) is 11.8 Å². The van der Waals surface area contributed by atoms with Crippen LogP contribution < -0.4 is 10.2 Å². The predicted molar refractivity (Wildman–Crippen MR) is 95.5 cm³/mol. The third-order valence-corrected chi connectivity index (χ3v) is 4.16. The minimum Gasteiger partial charge on any atom is -0.378 e. The van der Waals surface area contributed by atoms with Gasteiger partial charge in [0.15, 0.2) is 5.82 Å². The van der Waals surface area contributed by atoms with Crippen molar-refractivity contribution in [2.45, 2.75) is 6.92 Å². The minimum absolute atomic E-state index is 0.0171. The van der Waals surface area contributed by atoms with Gasteiger partial charge in [0, 0.05) is 19.6 Å². The molecule has 1 aliphatic heterocycles. The number of morpholine rings is 1. The van der Waals surface area contributed by atoms with Crippen molar-refractivity contribution < 1.29 is 18.7 Å². The summed E-state index contributed by atoms with van der Waals surface area (Å²) in [5.41, 5.74) is 0.554. The predicted octanol–water partition coefficient (Wildman–Crippen LogP) is 2.29. The molecule has 6 nitrogen and oxygen atoms in total. The molecule has 25 heavy (non-hydrogen) atoms. The summed E-state index contributed by atoms with van der Waals surface area (Å²) in [6.07, 6.45) is 1.15. The van der Waals surface area contributed by atoms with Gasteiger partial charge in [-0.3, -0.25) is 9.59 Å². The third kappa shape index (κ3) is 4.70. The second-order valence-corrected chi connectivity index (χ2v) is 5.87. The number of ether oxygens (including phenoxy) is 1. The van der Waals surface area contributed by atoms with Gasteiger partial charge in [0.25, 0.3) is 0 Å². The molecule has 1 saturated heterocycles. The maximum atomic E-state index is 14.6. The molecule has 0 saturated carbocycles. The van der Waals surface area contributed by atoms with E-state index in [0.717, 1.165) is 6.08 Å². The topological polar surface area (TPSA) is 61.9 Å². The molecule has 0 aromatic heterocycles. The standard InChI is InChI=1S/C17H21ClFN3O3/c1-3-15(24)21(4-2)11-14(23)20-13-6-5-12(18)16(19)17(13)22-7-9-25-10-8-22/h3,5-6H,1,4,7-11H2,2H3,(H,20,23). The summed E-state index contributed by atoms with van der Waals surface area (Å²) in [6.45, 7) is 7.32. The van der Waals surface area contributed by atoms with Crippen molar-refractivity contribution in [2.24, 2.45) is 0 Å². The molecule has 0 bridgehead atoms. The van der Waals surface area contributed by atoms with Gasteiger partial charge in [-0.1, -0.05) is 18.2 Å². The van der Waals surface area contributed by atoms with E-state index in [1.165, 1.54) is 11.0 Å². The summed E-state index contributed by atoms with van der Waals surface area (Å²) in [5, 5.41) is 2.65. The molecule has 0 aliphatic carbocycles. The van der Waals surface area contributed by atoms with Gasteiger partial charge in [0.1, 0.15) is 6.54 Å². The number of hydrogen-bond donors (Lipinski definition) is 1. The van der Waals surface area contributed by atoms with Crippen molar-refractivity contribution in [3.63, 3.8) is 0 Å². The summed E-state index contributed by atoms with van der Waals surface area (Å²) in [6, 6.07) is 2.95. The van der Waals surface area contributed by atoms with E-state index in [1.54, 1.807) is 17.9 Å². The summed E-state index contributed by atoms with van der Waals surface area (Å²) in [4.78, 5) is 27.1. The highest BCUT2D eigenvalue weighted by molar-refractivity contribution is 6.31. The van der Waals surface area contributed by atoms with E-state index in [2.05, 4.69) is 11.9 Å². The zero-order valence-electron chi connectivity index (χ0n) is 14.1. The molecule has 0 spiro atoms.